The lowest BCUT2D eigenvalue weighted by Crippen LogP contribution is -2.33. The Hall–Kier alpha value is -2.94. The highest BCUT2D eigenvalue weighted by Crippen LogP contribution is 2.35. The van der Waals surface area contributed by atoms with Gasteiger partial charge in [-0.25, -0.2) is 4.98 Å². The molecule has 4 aromatic rings. The fourth-order valence-electron chi connectivity index (χ4n) is 3.67. The Balaban J connectivity index is 1.39. The molecular formula is C17H16N6O2S. The molecule has 0 spiro atoms. The van der Waals surface area contributed by atoms with Crippen LogP contribution in [0.4, 0.5) is 11.6 Å². The van der Waals surface area contributed by atoms with Gasteiger partial charge in [-0.1, -0.05) is 23.5 Å². The minimum Gasteiger partial charge on any atom is -0.358 e. The van der Waals surface area contributed by atoms with Crippen LogP contribution in [-0.4, -0.2) is 37.4 Å². The summed E-state index contributed by atoms with van der Waals surface area (Å²) in [5.41, 5.74) is 2.03. The third-order valence-electron chi connectivity index (χ3n) is 4.98. The Morgan fingerprint density at radius 3 is 2.81 bits per heavy atom. The normalized spacial score (nSPS) is 15.9. The van der Waals surface area contributed by atoms with Gasteiger partial charge < -0.3 is 20.0 Å². The van der Waals surface area contributed by atoms with Crippen LogP contribution in [0, 0.1) is 10.1 Å². The summed E-state index contributed by atoms with van der Waals surface area (Å²) in [6.45, 7) is 1.46. The number of hydrogen-bond acceptors (Lipinski definition) is 6. The van der Waals surface area contributed by atoms with Crippen molar-refractivity contribution in [3.05, 3.63) is 51.8 Å². The maximum absolute atomic E-state index is 11.5. The fraction of sp³-hybridized carbons (Fsp3) is 0.294. The predicted molar refractivity (Wildman–Crippen MR) is 100 cm³/mol. The van der Waals surface area contributed by atoms with Gasteiger partial charge in [0.2, 0.25) is 5.82 Å². The number of piperidine rings is 1. The molecule has 9 heteroatoms. The summed E-state index contributed by atoms with van der Waals surface area (Å²) >= 11 is 1.41. The molecule has 1 saturated heterocycles. The maximum atomic E-state index is 11.5. The molecular weight excluding hydrogens is 352 g/mol. The lowest BCUT2D eigenvalue weighted by Gasteiger charge is -2.30. The molecule has 1 aliphatic rings. The average molecular weight is 368 g/mol. The number of benzene rings is 1. The number of rotatable bonds is 3. The van der Waals surface area contributed by atoms with Crippen molar-refractivity contribution in [1.82, 2.24) is 19.4 Å². The zero-order chi connectivity index (χ0) is 17.7. The number of imidazole rings is 2. The summed E-state index contributed by atoms with van der Waals surface area (Å²) in [4.78, 5) is 26.5. The number of aromatic amines is 1. The summed E-state index contributed by atoms with van der Waals surface area (Å²) in [6.07, 6.45) is 3.49. The number of anilines is 1. The van der Waals surface area contributed by atoms with E-state index >= 15 is 0 Å². The number of H-pyrrole nitrogens is 1. The molecule has 1 N–H and O–H groups in total. The van der Waals surface area contributed by atoms with Crippen molar-refractivity contribution < 1.29 is 4.92 Å². The molecule has 132 valence electrons. The minimum absolute atomic E-state index is 0.0587. The van der Waals surface area contributed by atoms with Gasteiger partial charge in [-0.2, -0.15) is 9.38 Å². The second kappa shape index (κ2) is 5.80. The monoisotopic (exact) mass is 368 g/mol. The van der Waals surface area contributed by atoms with E-state index in [9.17, 15) is 10.1 Å². The minimum atomic E-state index is -0.340. The topological polar surface area (TPSA) is 92.4 Å². The quantitative estimate of drug-likeness (QED) is 0.441. The third kappa shape index (κ3) is 2.35. The van der Waals surface area contributed by atoms with Gasteiger partial charge in [-0.15, -0.1) is 0 Å². The molecule has 5 rings (SSSR count). The molecule has 0 aliphatic carbocycles. The van der Waals surface area contributed by atoms with Gasteiger partial charge in [-0.3, -0.25) is 0 Å². The zero-order valence-electron chi connectivity index (χ0n) is 13.8. The highest BCUT2D eigenvalue weighted by Gasteiger charge is 2.31. The summed E-state index contributed by atoms with van der Waals surface area (Å²) in [5.74, 6) is 1.88. The second-order valence-electron chi connectivity index (χ2n) is 6.47. The van der Waals surface area contributed by atoms with Crippen molar-refractivity contribution in [2.45, 2.75) is 18.8 Å². The molecule has 0 unspecified atom stereocenters. The Morgan fingerprint density at radius 2 is 2.04 bits per heavy atom. The first-order valence-electron chi connectivity index (χ1n) is 8.50. The van der Waals surface area contributed by atoms with Crippen LogP contribution in [0.25, 0.3) is 16.0 Å². The van der Waals surface area contributed by atoms with Gasteiger partial charge in [0.05, 0.1) is 11.0 Å². The number of nitrogens with zero attached hydrogens (tertiary/aromatic N) is 5. The smallest absolute Gasteiger partial charge is 0.358 e. The van der Waals surface area contributed by atoms with Gasteiger partial charge in [0.15, 0.2) is 0 Å². The van der Waals surface area contributed by atoms with Crippen LogP contribution in [0.5, 0.6) is 0 Å². The lowest BCUT2D eigenvalue weighted by molar-refractivity contribution is -0.389. The summed E-state index contributed by atoms with van der Waals surface area (Å²) in [7, 11) is 0. The van der Waals surface area contributed by atoms with Crippen LogP contribution in [-0.2, 0) is 0 Å². The maximum Gasteiger partial charge on any atom is 0.373 e. The van der Waals surface area contributed by atoms with E-state index in [-0.39, 0.29) is 10.7 Å². The third-order valence-corrected chi connectivity index (χ3v) is 5.74. The fourth-order valence-corrected chi connectivity index (χ4v) is 4.38. The van der Waals surface area contributed by atoms with Gasteiger partial charge >= 0.3 is 5.82 Å². The van der Waals surface area contributed by atoms with E-state index in [1.54, 1.807) is 10.6 Å². The van der Waals surface area contributed by atoms with Gasteiger partial charge in [0.25, 0.3) is 4.96 Å². The summed E-state index contributed by atoms with van der Waals surface area (Å²) in [6, 6.07) is 8.02. The standard InChI is InChI=1S/C17H16N6O2S/c24-23(25)16-15(20-17-22(16)9-10-26-17)21-7-5-11(6-8-21)14-18-12-3-1-2-4-13(12)19-14/h1-4,9-11H,5-8H2,(H,18,19). The molecule has 4 heterocycles. The van der Waals surface area contributed by atoms with Gasteiger partial charge in [0.1, 0.15) is 12.0 Å². The summed E-state index contributed by atoms with van der Waals surface area (Å²) < 4.78 is 1.56. The van der Waals surface area contributed by atoms with E-state index in [2.05, 4.69) is 9.97 Å². The lowest BCUT2D eigenvalue weighted by atomic mass is 9.96. The van der Waals surface area contributed by atoms with Crippen molar-refractivity contribution in [3.8, 4) is 0 Å². The Bertz CT molecular complexity index is 1070. The number of nitro groups is 1. The highest BCUT2D eigenvalue weighted by molar-refractivity contribution is 7.15. The molecule has 0 bridgehead atoms. The van der Waals surface area contributed by atoms with Crippen LogP contribution in [0.3, 0.4) is 0 Å². The van der Waals surface area contributed by atoms with E-state index in [1.807, 2.05) is 34.5 Å². The van der Waals surface area contributed by atoms with E-state index < -0.39 is 0 Å². The average Bonchev–Trinajstić information content (AvgIpc) is 3.34. The van der Waals surface area contributed by atoms with E-state index in [0.717, 1.165) is 42.8 Å². The molecule has 8 nitrogen and oxygen atoms in total. The van der Waals surface area contributed by atoms with Crippen molar-refractivity contribution in [1.29, 1.82) is 0 Å². The number of aromatic nitrogens is 4. The van der Waals surface area contributed by atoms with Crippen LogP contribution < -0.4 is 4.90 Å². The zero-order valence-corrected chi connectivity index (χ0v) is 14.6. The Labute approximate surface area is 152 Å². The molecule has 0 atom stereocenters. The van der Waals surface area contributed by atoms with Crippen LogP contribution in [0.1, 0.15) is 24.6 Å². The highest BCUT2D eigenvalue weighted by atomic mass is 32.1. The molecule has 3 aromatic heterocycles. The molecule has 1 fully saturated rings. The number of nitrogens with one attached hydrogen (secondary N) is 1. The SMILES string of the molecule is O=[N+]([O-])c1c(N2CCC(c3nc4ccccc4[nH]3)CC2)nc2sccn12. The number of thiazole rings is 1. The van der Waals surface area contributed by atoms with Crippen molar-refractivity contribution in [2.75, 3.05) is 18.0 Å². The molecule has 1 aromatic carbocycles. The largest absolute Gasteiger partial charge is 0.373 e. The summed E-state index contributed by atoms with van der Waals surface area (Å²) in [5, 5.41) is 13.3. The van der Waals surface area contributed by atoms with Crippen molar-refractivity contribution >= 4 is 39.0 Å². The van der Waals surface area contributed by atoms with Gasteiger partial charge in [-0.05, 0) is 29.9 Å². The molecule has 1 aliphatic heterocycles. The number of fused-ring (bicyclic) bond motifs is 2. The van der Waals surface area contributed by atoms with Crippen LogP contribution >= 0.6 is 11.3 Å². The van der Waals surface area contributed by atoms with Crippen LogP contribution in [0.2, 0.25) is 0 Å². The first-order chi connectivity index (χ1) is 12.7. The Morgan fingerprint density at radius 1 is 1.23 bits per heavy atom. The molecule has 26 heavy (non-hydrogen) atoms. The van der Waals surface area contributed by atoms with Gasteiger partial charge in [0, 0.05) is 24.4 Å². The predicted octanol–water partition coefficient (Wildman–Crippen LogP) is 3.56. The number of para-hydroxylation sites is 2. The van der Waals surface area contributed by atoms with Crippen LogP contribution in [0.15, 0.2) is 35.8 Å². The van der Waals surface area contributed by atoms with Crippen molar-refractivity contribution in [3.63, 3.8) is 0 Å². The Kier molecular flexibility index (Phi) is 3.42. The molecule has 0 saturated carbocycles. The molecule has 0 amide bonds. The number of hydrogen-bond donors (Lipinski definition) is 1. The van der Waals surface area contributed by atoms with Crippen molar-refractivity contribution in [2.24, 2.45) is 0 Å². The second-order valence-corrected chi connectivity index (χ2v) is 7.35. The van der Waals surface area contributed by atoms with E-state index in [1.165, 1.54) is 11.3 Å². The first-order valence-corrected chi connectivity index (χ1v) is 9.38. The van der Waals surface area contributed by atoms with E-state index in [4.69, 9.17) is 4.98 Å². The first kappa shape index (κ1) is 15.3. The van der Waals surface area contributed by atoms with E-state index in [0.29, 0.717) is 16.7 Å². The molecule has 0 radical (unpaired) electrons.